The molecule has 0 heterocycles. The van der Waals surface area contributed by atoms with Crippen LogP contribution in [0.5, 0.6) is 0 Å². The zero-order chi connectivity index (χ0) is 14.5. The van der Waals surface area contributed by atoms with Gasteiger partial charge in [-0.3, -0.25) is 9.59 Å². The van der Waals surface area contributed by atoms with Crippen LogP contribution in [0.4, 0.5) is 10.1 Å². The van der Waals surface area contributed by atoms with Gasteiger partial charge in [-0.2, -0.15) is 0 Å². The number of carbonyl (C=O) groups is 2. The number of carbonyl (C=O) groups excluding carboxylic acids is 2. The highest BCUT2D eigenvalue weighted by atomic mass is 35.5. The Morgan fingerprint density at radius 3 is 2.45 bits per heavy atom. The van der Waals surface area contributed by atoms with Crippen molar-refractivity contribution < 1.29 is 14.0 Å². The van der Waals surface area contributed by atoms with Crippen molar-refractivity contribution in [3.63, 3.8) is 0 Å². The van der Waals surface area contributed by atoms with Crippen molar-refractivity contribution in [3.8, 4) is 0 Å². The summed E-state index contributed by atoms with van der Waals surface area (Å²) in [4.78, 5) is 23.5. The van der Waals surface area contributed by atoms with Crippen molar-refractivity contribution in [1.29, 1.82) is 0 Å². The molecule has 0 aliphatic carbocycles. The van der Waals surface area contributed by atoms with Gasteiger partial charge in [0.2, 0.25) is 5.91 Å². The fourth-order valence-corrected chi connectivity index (χ4v) is 1.83. The van der Waals surface area contributed by atoms with Crippen LogP contribution >= 0.6 is 11.6 Å². The van der Waals surface area contributed by atoms with E-state index < -0.39 is 11.7 Å². The zero-order valence-electron chi connectivity index (χ0n) is 10.4. The quantitative estimate of drug-likeness (QED) is 0.690. The molecule has 2 aromatic rings. The Hall–Kier alpha value is -2.20. The highest BCUT2D eigenvalue weighted by molar-refractivity contribution is 6.31. The van der Waals surface area contributed by atoms with E-state index in [1.54, 1.807) is 30.3 Å². The van der Waals surface area contributed by atoms with Crippen LogP contribution < -0.4 is 5.32 Å². The number of nitrogens with one attached hydrogen (secondary N) is 1. The maximum atomic E-state index is 13.0. The maximum Gasteiger partial charge on any atom is 0.232 e. The lowest BCUT2D eigenvalue weighted by molar-refractivity contribution is -0.115. The fraction of sp³-hybridized carbons (Fsp3) is 0.0667. The van der Waals surface area contributed by atoms with Gasteiger partial charge in [0, 0.05) is 11.3 Å². The molecule has 0 radical (unpaired) electrons. The molecule has 0 saturated heterocycles. The minimum Gasteiger partial charge on any atom is -0.326 e. The Morgan fingerprint density at radius 1 is 1.10 bits per heavy atom. The number of benzene rings is 2. The Kier molecular flexibility index (Phi) is 4.48. The Balaban J connectivity index is 1.99. The summed E-state index contributed by atoms with van der Waals surface area (Å²) >= 11 is 5.61. The second-order valence-electron chi connectivity index (χ2n) is 4.14. The molecule has 0 atom stereocenters. The lowest BCUT2D eigenvalue weighted by Gasteiger charge is -2.05. The summed E-state index contributed by atoms with van der Waals surface area (Å²) in [5.74, 6) is -1.32. The Bertz CT molecular complexity index is 644. The van der Waals surface area contributed by atoms with Gasteiger partial charge in [-0.25, -0.2) is 4.39 Å². The average Bonchev–Trinajstić information content (AvgIpc) is 2.44. The zero-order valence-corrected chi connectivity index (χ0v) is 11.2. The molecule has 0 aromatic heterocycles. The molecule has 0 spiro atoms. The van der Waals surface area contributed by atoms with E-state index in [-0.39, 0.29) is 17.2 Å². The minimum atomic E-state index is -0.565. The predicted octanol–water partition coefficient (Wildman–Crippen LogP) is 3.69. The first-order valence-corrected chi connectivity index (χ1v) is 6.27. The predicted molar refractivity (Wildman–Crippen MR) is 75.4 cm³/mol. The number of halogens is 2. The lowest BCUT2D eigenvalue weighted by atomic mass is 10.1. The van der Waals surface area contributed by atoms with Gasteiger partial charge in [-0.1, -0.05) is 41.9 Å². The van der Waals surface area contributed by atoms with E-state index in [9.17, 15) is 14.0 Å². The van der Waals surface area contributed by atoms with Crippen molar-refractivity contribution in [2.45, 2.75) is 6.42 Å². The molecule has 0 aliphatic heterocycles. The van der Waals surface area contributed by atoms with Crippen molar-refractivity contribution in [2.24, 2.45) is 0 Å². The van der Waals surface area contributed by atoms with Gasteiger partial charge < -0.3 is 5.32 Å². The fourth-order valence-electron chi connectivity index (χ4n) is 1.65. The molecule has 102 valence electrons. The van der Waals surface area contributed by atoms with Crippen molar-refractivity contribution in [2.75, 3.05) is 5.32 Å². The molecule has 20 heavy (non-hydrogen) atoms. The number of ketones is 1. The van der Waals surface area contributed by atoms with Gasteiger partial charge in [0.25, 0.3) is 0 Å². The molecule has 2 rings (SSSR count). The molecule has 0 unspecified atom stereocenters. The third kappa shape index (κ3) is 3.65. The third-order valence-corrected chi connectivity index (χ3v) is 2.91. The van der Waals surface area contributed by atoms with Crippen molar-refractivity contribution in [1.82, 2.24) is 0 Å². The summed E-state index contributed by atoms with van der Waals surface area (Å²) in [5.41, 5.74) is 0.821. The molecule has 0 fully saturated rings. The maximum absolute atomic E-state index is 13.0. The number of hydrogen-bond acceptors (Lipinski definition) is 2. The highest BCUT2D eigenvalue weighted by Gasteiger charge is 2.12. The van der Waals surface area contributed by atoms with Crippen LogP contribution in [0.1, 0.15) is 16.8 Å². The standard InChI is InChI=1S/C15H11ClFNO2/c16-12-8-11(6-7-13(12)17)18-15(20)9-14(19)10-4-2-1-3-5-10/h1-8H,9H2,(H,18,20). The van der Waals surface area contributed by atoms with E-state index >= 15 is 0 Å². The second-order valence-corrected chi connectivity index (χ2v) is 4.55. The van der Waals surface area contributed by atoms with Crippen LogP contribution in [0.3, 0.4) is 0 Å². The molecular formula is C15H11ClFNO2. The van der Waals surface area contributed by atoms with Crippen molar-refractivity contribution in [3.05, 3.63) is 64.9 Å². The van der Waals surface area contributed by atoms with Crippen LogP contribution in [0, 0.1) is 5.82 Å². The summed E-state index contributed by atoms with van der Waals surface area (Å²) in [6.45, 7) is 0. The summed E-state index contributed by atoms with van der Waals surface area (Å²) in [7, 11) is 0. The molecule has 0 saturated carbocycles. The summed E-state index contributed by atoms with van der Waals surface area (Å²) in [5, 5.41) is 2.41. The first-order valence-electron chi connectivity index (χ1n) is 5.89. The van der Waals surface area contributed by atoms with E-state index in [4.69, 9.17) is 11.6 Å². The smallest absolute Gasteiger partial charge is 0.232 e. The van der Waals surface area contributed by atoms with Crippen LogP contribution in [-0.2, 0) is 4.79 Å². The number of Topliss-reactive ketones (excluding diaryl/α,β-unsaturated/α-hetero) is 1. The molecule has 0 aliphatic rings. The van der Waals surface area contributed by atoms with E-state index in [1.165, 1.54) is 12.1 Å². The van der Waals surface area contributed by atoms with Crippen LogP contribution in [0.25, 0.3) is 0 Å². The minimum absolute atomic E-state index is 0.0859. The van der Waals surface area contributed by atoms with Gasteiger partial charge in [0.15, 0.2) is 5.78 Å². The number of amides is 1. The van der Waals surface area contributed by atoms with E-state index in [1.807, 2.05) is 0 Å². The van der Waals surface area contributed by atoms with Crippen molar-refractivity contribution >= 4 is 29.0 Å². The van der Waals surface area contributed by atoms with E-state index in [2.05, 4.69) is 5.32 Å². The van der Waals surface area contributed by atoms with Gasteiger partial charge in [0.05, 0.1) is 11.4 Å². The number of hydrogen-bond donors (Lipinski definition) is 1. The Labute approximate surface area is 120 Å². The van der Waals surface area contributed by atoms with Crippen LogP contribution in [0.15, 0.2) is 48.5 Å². The second kappa shape index (κ2) is 6.30. The molecular weight excluding hydrogens is 281 g/mol. The van der Waals surface area contributed by atoms with E-state index in [0.29, 0.717) is 11.3 Å². The van der Waals surface area contributed by atoms with Gasteiger partial charge in [-0.15, -0.1) is 0 Å². The van der Waals surface area contributed by atoms with Gasteiger partial charge in [-0.05, 0) is 18.2 Å². The third-order valence-electron chi connectivity index (χ3n) is 2.62. The monoisotopic (exact) mass is 291 g/mol. The first-order chi connectivity index (χ1) is 9.56. The number of anilines is 1. The first kappa shape index (κ1) is 14.2. The van der Waals surface area contributed by atoms with E-state index in [0.717, 1.165) is 6.07 Å². The molecule has 3 nitrogen and oxygen atoms in total. The average molecular weight is 292 g/mol. The largest absolute Gasteiger partial charge is 0.326 e. The molecule has 2 aromatic carbocycles. The highest BCUT2D eigenvalue weighted by Crippen LogP contribution is 2.19. The molecule has 1 N–H and O–H groups in total. The van der Waals surface area contributed by atoms with Crippen LogP contribution in [-0.4, -0.2) is 11.7 Å². The SMILES string of the molecule is O=C(CC(=O)c1ccccc1)Nc1ccc(F)c(Cl)c1. The van der Waals surface area contributed by atoms with Gasteiger partial charge >= 0.3 is 0 Å². The summed E-state index contributed by atoms with van der Waals surface area (Å²) < 4.78 is 13.0. The summed E-state index contributed by atoms with van der Waals surface area (Å²) in [6.07, 6.45) is -0.279. The normalized spacial score (nSPS) is 10.1. The molecule has 0 bridgehead atoms. The lowest BCUT2D eigenvalue weighted by Crippen LogP contribution is -2.16. The molecule has 1 amide bonds. The summed E-state index contributed by atoms with van der Waals surface area (Å²) in [6, 6.07) is 12.4. The molecule has 5 heteroatoms. The Morgan fingerprint density at radius 2 is 1.80 bits per heavy atom. The van der Waals surface area contributed by atoms with Crippen LogP contribution in [0.2, 0.25) is 5.02 Å². The number of rotatable bonds is 4. The van der Waals surface area contributed by atoms with Gasteiger partial charge in [0.1, 0.15) is 5.82 Å². The topological polar surface area (TPSA) is 46.2 Å².